The van der Waals surface area contributed by atoms with Crippen LogP contribution in [0.5, 0.6) is 0 Å². The Hall–Kier alpha value is -3.62. The van der Waals surface area contributed by atoms with Crippen LogP contribution in [0.4, 0.5) is 0 Å². The van der Waals surface area contributed by atoms with Gasteiger partial charge in [0.25, 0.3) is 35.4 Å². The SMILES string of the molecule is C/C=[CH]/[Sn]([CH2]CCC)([CH2]CCC)[CH2]CCC.CCCCCCN1C(=O)c2cc(-c3ccc(/C=C/c4ccc(-c5cc6c(s5)C(=O)N(CCCCCC)C6=O)s4)s3)sc2C1=O.CCCCCCN1C(=O)c2cc(-c3ccc(Br)s3)sc2C1=O. The predicted octanol–water partition coefficient (Wildman–Crippen LogP) is 21.2. The topological polar surface area (TPSA) is 112 Å². The molecule has 9 heterocycles. The zero-order valence-corrected chi connectivity index (χ0v) is 58.4. The maximum atomic E-state index is 12.9. The van der Waals surface area contributed by atoms with Crippen LogP contribution in [0.15, 0.2) is 68.6 Å². The summed E-state index contributed by atoms with van der Waals surface area (Å²) in [6.07, 6.45) is 27.6. The number of halogens is 1. The van der Waals surface area contributed by atoms with Crippen molar-refractivity contribution in [2.75, 3.05) is 19.6 Å². The maximum Gasteiger partial charge on any atom is 0.271 e. The fraction of sp³-hybridized carbons (Fsp3) is 0.477. The van der Waals surface area contributed by atoms with Crippen LogP contribution < -0.4 is 0 Å². The first kappa shape index (κ1) is 65.9. The Balaban J connectivity index is 0.000000211. The number of hydrogen-bond donors (Lipinski definition) is 0. The van der Waals surface area contributed by atoms with E-state index >= 15 is 0 Å². The van der Waals surface area contributed by atoms with E-state index in [4.69, 9.17) is 0 Å². The second-order valence-electron chi connectivity index (χ2n) is 21.5. The Labute approximate surface area is 524 Å². The average molecular weight is 1390 g/mol. The molecule has 17 heteroatoms. The van der Waals surface area contributed by atoms with E-state index in [1.54, 1.807) is 47.3 Å². The molecular formula is C65H82BrN3O6S6Sn. The number of carbonyl (C=O) groups excluding carboxylic acids is 6. The molecule has 9 nitrogen and oxygen atoms in total. The van der Waals surface area contributed by atoms with Crippen molar-refractivity contribution in [1.82, 2.24) is 14.7 Å². The van der Waals surface area contributed by atoms with Crippen LogP contribution in [0.25, 0.3) is 41.4 Å². The third-order valence-corrected chi connectivity index (χ3v) is 37.4. The third-order valence-electron chi connectivity index (χ3n) is 15.2. The van der Waals surface area contributed by atoms with Crippen molar-refractivity contribution >= 4 is 150 Å². The van der Waals surface area contributed by atoms with Gasteiger partial charge in [-0.2, -0.15) is 0 Å². The van der Waals surface area contributed by atoms with Crippen LogP contribution in [0.2, 0.25) is 13.3 Å². The van der Waals surface area contributed by atoms with E-state index in [-0.39, 0.29) is 35.4 Å². The first-order valence-corrected chi connectivity index (χ1v) is 43.4. The summed E-state index contributed by atoms with van der Waals surface area (Å²) in [6.45, 7) is 17.2. The molecule has 6 aromatic rings. The molecule has 0 aromatic carbocycles. The molecule has 0 aliphatic carbocycles. The van der Waals surface area contributed by atoms with Gasteiger partial charge in [0.05, 0.1) is 20.5 Å². The zero-order valence-electron chi connectivity index (χ0n) is 49.1. The van der Waals surface area contributed by atoms with Crippen LogP contribution in [0, 0.1) is 0 Å². The van der Waals surface area contributed by atoms with Gasteiger partial charge in [-0.05, 0) is 102 Å². The Kier molecular flexibility index (Phi) is 26.3. The van der Waals surface area contributed by atoms with Crippen molar-refractivity contribution in [3.63, 3.8) is 0 Å². The van der Waals surface area contributed by atoms with Crippen LogP contribution in [-0.2, 0) is 0 Å². The molecular weight excluding hydrogens is 1310 g/mol. The van der Waals surface area contributed by atoms with Crippen LogP contribution in [-0.4, -0.2) is 88.2 Å². The summed E-state index contributed by atoms with van der Waals surface area (Å²) >= 11 is 10.7. The standard InChI is InChI=1S/C34H34N2O4S4.C16H16BrNO2S2.3C4H9.C3H5.Sn/c1-3-5-7-9-17-35-31(37)23-19-27(43-29(23)33(35)39)25-15-13-21(41-25)11-12-22-14-16-26(42-22)28-20-24-30(44-28)34(40)36(32(24)38)18-10-8-6-4-2;1-2-3-4-5-8-18-15(19)10-9-12(22-14(10)16(18)20)11-6-7-13(17)21-11;3*1-3-4-2;1-3-2;/h11-16,19-20H,3-10,17-18H2,1-2H3;6-7,9H,2-5,8H2,1H3;3*1,3-4H2,2H3;1,3H,2H3;/b12-11+;;;;;;. The predicted molar refractivity (Wildman–Crippen MR) is 358 cm³/mol. The van der Waals surface area contributed by atoms with E-state index in [0.29, 0.717) is 51.0 Å². The van der Waals surface area contributed by atoms with Crippen molar-refractivity contribution in [3.05, 3.63) is 110 Å². The summed E-state index contributed by atoms with van der Waals surface area (Å²) < 4.78 is 8.59. The minimum absolute atomic E-state index is 0.122. The summed E-state index contributed by atoms with van der Waals surface area (Å²) in [6, 6.07) is 17.8. The van der Waals surface area contributed by atoms with Crippen molar-refractivity contribution in [2.45, 2.75) is 177 Å². The number of amides is 6. The zero-order chi connectivity index (χ0) is 58.8. The smallest absolute Gasteiger partial charge is 0.271 e. The maximum absolute atomic E-state index is 12.9. The molecule has 3 aliphatic rings. The number of rotatable bonds is 30. The Bertz CT molecular complexity index is 2940. The summed E-state index contributed by atoms with van der Waals surface area (Å²) in [5.41, 5.74) is 1.64. The second-order valence-corrected chi connectivity index (χ2v) is 42.4. The van der Waals surface area contributed by atoms with Gasteiger partial charge in [0.2, 0.25) is 0 Å². The monoisotopic (exact) mass is 1390 g/mol. The van der Waals surface area contributed by atoms with Crippen molar-refractivity contribution in [2.24, 2.45) is 0 Å². The van der Waals surface area contributed by atoms with Crippen LogP contribution >= 0.6 is 84.0 Å². The van der Waals surface area contributed by atoms with Gasteiger partial charge in [-0.3, -0.25) is 43.5 Å². The molecule has 6 aromatic heterocycles. The van der Waals surface area contributed by atoms with Crippen molar-refractivity contribution in [1.29, 1.82) is 0 Å². The minimum Gasteiger partial charge on any atom is -0.274 e. The van der Waals surface area contributed by atoms with Gasteiger partial charge in [-0.25, -0.2) is 0 Å². The Morgan fingerprint density at radius 2 is 0.720 bits per heavy atom. The van der Waals surface area contributed by atoms with Crippen molar-refractivity contribution < 1.29 is 28.8 Å². The molecule has 0 atom stereocenters. The number of imide groups is 3. The van der Waals surface area contributed by atoms with Gasteiger partial charge in [-0.15, -0.1) is 68.0 Å². The molecule has 0 unspecified atom stereocenters. The molecule has 0 radical (unpaired) electrons. The van der Waals surface area contributed by atoms with E-state index in [0.717, 1.165) is 120 Å². The van der Waals surface area contributed by atoms with Crippen LogP contribution in [0.1, 0.15) is 234 Å². The quantitative estimate of drug-likeness (QED) is 0.0252. The molecule has 0 saturated heterocycles. The molecule has 0 fully saturated rings. The van der Waals surface area contributed by atoms with Gasteiger partial charge >= 0.3 is 108 Å². The summed E-state index contributed by atoms with van der Waals surface area (Å²) in [7, 11) is 0. The second kappa shape index (κ2) is 32.8. The van der Waals surface area contributed by atoms with Gasteiger partial charge in [-0.1, -0.05) is 78.6 Å². The molecule has 0 spiro atoms. The number of hydrogen-bond acceptors (Lipinski definition) is 12. The summed E-state index contributed by atoms with van der Waals surface area (Å²) in [4.78, 5) is 90.6. The molecule has 0 saturated carbocycles. The largest absolute Gasteiger partial charge is 0.274 e. The fourth-order valence-corrected chi connectivity index (χ4v) is 32.0. The Morgan fingerprint density at radius 1 is 0.390 bits per heavy atom. The molecule has 440 valence electrons. The molecule has 3 aliphatic heterocycles. The normalized spacial score (nSPS) is 14.0. The summed E-state index contributed by atoms with van der Waals surface area (Å²) in [5.74, 6) is -0.907. The minimum atomic E-state index is -1.84. The molecule has 9 rings (SSSR count). The van der Waals surface area contributed by atoms with Gasteiger partial charge in [0, 0.05) is 58.7 Å². The first-order chi connectivity index (χ1) is 39.7. The van der Waals surface area contributed by atoms with E-state index < -0.39 is 18.4 Å². The van der Waals surface area contributed by atoms with Gasteiger partial charge in [0.1, 0.15) is 14.6 Å². The number of fused-ring (bicyclic) bond motifs is 3. The molecule has 0 bridgehead atoms. The van der Waals surface area contributed by atoms with Crippen LogP contribution in [0.3, 0.4) is 0 Å². The number of thiophene rings is 6. The number of nitrogens with zero attached hydrogens (tertiary/aromatic N) is 3. The van der Waals surface area contributed by atoms with Gasteiger partial charge < -0.3 is 0 Å². The van der Waals surface area contributed by atoms with E-state index in [9.17, 15) is 28.8 Å². The van der Waals surface area contributed by atoms with E-state index in [2.05, 4.69) is 98.8 Å². The first-order valence-electron chi connectivity index (χ1n) is 30.0. The van der Waals surface area contributed by atoms with Gasteiger partial charge in [0.15, 0.2) is 0 Å². The van der Waals surface area contributed by atoms with Crippen molar-refractivity contribution in [3.8, 4) is 29.3 Å². The molecule has 0 N–H and O–H groups in total. The fourth-order valence-electron chi connectivity index (χ4n) is 10.6. The average Bonchev–Trinajstić information content (AvgIpc) is 4.47. The number of unbranched alkanes of at least 4 members (excludes halogenated alkanes) is 12. The number of carbonyl (C=O) groups is 6. The Morgan fingerprint density at radius 3 is 1.01 bits per heavy atom. The molecule has 6 amide bonds. The number of allylic oxidation sites excluding steroid dienone is 1. The summed E-state index contributed by atoms with van der Waals surface area (Å²) in [5, 5.41) is 0. The van der Waals surface area contributed by atoms with E-state index in [1.807, 2.05) is 42.5 Å². The van der Waals surface area contributed by atoms with E-state index in [1.165, 1.54) is 87.2 Å². The third kappa shape index (κ3) is 16.7. The molecule has 82 heavy (non-hydrogen) atoms.